The van der Waals surface area contributed by atoms with E-state index in [1.54, 1.807) is 18.3 Å². The summed E-state index contributed by atoms with van der Waals surface area (Å²) < 4.78 is 1.96. The van der Waals surface area contributed by atoms with Crippen molar-refractivity contribution in [1.82, 2.24) is 9.55 Å². The molecule has 1 unspecified atom stereocenters. The van der Waals surface area contributed by atoms with Crippen molar-refractivity contribution in [3.63, 3.8) is 0 Å². The number of aryl methyl sites for hydroxylation is 1. The van der Waals surface area contributed by atoms with E-state index < -0.39 is 6.10 Å². The number of aromatic nitrogens is 2. The lowest BCUT2D eigenvalue weighted by Crippen LogP contribution is -2.09. The van der Waals surface area contributed by atoms with Gasteiger partial charge in [-0.1, -0.05) is 30.7 Å². The molecule has 0 saturated heterocycles. The zero-order chi connectivity index (χ0) is 12.3. The average molecular weight is 251 g/mol. The third-order valence-electron chi connectivity index (χ3n) is 2.62. The van der Waals surface area contributed by atoms with Gasteiger partial charge >= 0.3 is 0 Å². The van der Waals surface area contributed by atoms with Crippen LogP contribution in [0.4, 0.5) is 0 Å². The van der Waals surface area contributed by atoms with Crippen LogP contribution in [0.25, 0.3) is 0 Å². The first kappa shape index (κ1) is 12.1. The van der Waals surface area contributed by atoms with E-state index in [2.05, 4.69) is 11.9 Å². The minimum Gasteiger partial charge on any atom is -0.380 e. The van der Waals surface area contributed by atoms with E-state index in [0.29, 0.717) is 10.8 Å². The third-order valence-corrected chi connectivity index (χ3v) is 2.86. The Morgan fingerprint density at radius 2 is 2.29 bits per heavy atom. The van der Waals surface area contributed by atoms with Gasteiger partial charge in [0.25, 0.3) is 0 Å². The summed E-state index contributed by atoms with van der Waals surface area (Å²) in [5.41, 5.74) is 0.765. The van der Waals surface area contributed by atoms with Crippen LogP contribution in [0, 0.1) is 0 Å². The van der Waals surface area contributed by atoms with E-state index in [1.807, 2.05) is 22.9 Å². The Labute approximate surface area is 106 Å². The molecule has 1 aromatic heterocycles. The van der Waals surface area contributed by atoms with Gasteiger partial charge in [-0.15, -0.1) is 0 Å². The van der Waals surface area contributed by atoms with E-state index in [-0.39, 0.29) is 0 Å². The van der Waals surface area contributed by atoms with Gasteiger partial charge in [-0.2, -0.15) is 0 Å². The van der Waals surface area contributed by atoms with E-state index in [1.165, 1.54) is 0 Å². The highest BCUT2D eigenvalue weighted by Gasteiger charge is 2.15. The molecule has 0 aliphatic carbocycles. The molecule has 0 aliphatic rings. The number of aliphatic hydroxyl groups is 1. The van der Waals surface area contributed by atoms with Gasteiger partial charge in [0.2, 0.25) is 0 Å². The largest absolute Gasteiger partial charge is 0.380 e. The van der Waals surface area contributed by atoms with Crippen LogP contribution in [0.5, 0.6) is 0 Å². The number of rotatable bonds is 4. The van der Waals surface area contributed by atoms with Crippen LogP contribution in [0.1, 0.15) is 30.8 Å². The molecule has 0 spiro atoms. The maximum atomic E-state index is 10.3. The lowest BCUT2D eigenvalue weighted by atomic mass is 10.1. The lowest BCUT2D eigenvalue weighted by molar-refractivity contribution is 0.204. The molecule has 17 heavy (non-hydrogen) atoms. The second kappa shape index (κ2) is 5.34. The summed E-state index contributed by atoms with van der Waals surface area (Å²) in [6.07, 6.45) is 3.87. The van der Waals surface area contributed by atoms with Crippen LogP contribution in [-0.4, -0.2) is 14.7 Å². The molecule has 0 saturated carbocycles. The molecular formula is C13H15ClN2O. The number of halogens is 1. The molecular weight excluding hydrogens is 236 g/mol. The van der Waals surface area contributed by atoms with E-state index in [9.17, 15) is 5.11 Å². The first-order valence-corrected chi connectivity index (χ1v) is 6.04. The van der Waals surface area contributed by atoms with Crippen LogP contribution >= 0.6 is 11.6 Å². The van der Waals surface area contributed by atoms with Crippen molar-refractivity contribution in [3.8, 4) is 0 Å². The van der Waals surface area contributed by atoms with Gasteiger partial charge in [0.05, 0.1) is 0 Å². The van der Waals surface area contributed by atoms with Crippen molar-refractivity contribution in [2.45, 2.75) is 26.0 Å². The zero-order valence-electron chi connectivity index (χ0n) is 9.68. The number of nitrogens with zero attached hydrogens (tertiary/aromatic N) is 2. The zero-order valence-corrected chi connectivity index (χ0v) is 10.4. The van der Waals surface area contributed by atoms with E-state index >= 15 is 0 Å². The molecule has 4 heteroatoms. The smallest absolute Gasteiger partial charge is 0.142 e. The van der Waals surface area contributed by atoms with Crippen molar-refractivity contribution >= 4 is 11.6 Å². The van der Waals surface area contributed by atoms with Crippen molar-refractivity contribution in [2.24, 2.45) is 0 Å². The van der Waals surface area contributed by atoms with Crippen molar-refractivity contribution < 1.29 is 5.11 Å². The summed E-state index contributed by atoms with van der Waals surface area (Å²) in [6, 6.07) is 7.23. The molecule has 1 aromatic carbocycles. The second-order valence-corrected chi connectivity index (χ2v) is 4.37. The SMILES string of the molecule is CCCn1ccnc1C(O)c1cccc(Cl)c1. The Balaban J connectivity index is 2.30. The highest BCUT2D eigenvalue weighted by atomic mass is 35.5. The molecule has 1 atom stereocenters. The van der Waals surface area contributed by atoms with Gasteiger partial charge in [-0.25, -0.2) is 4.98 Å². The molecule has 1 heterocycles. The number of hydrogen-bond acceptors (Lipinski definition) is 2. The first-order valence-electron chi connectivity index (χ1n) is 5.67. The average Bonchev–Trinajstić information content (AvgIpc) is 2.77. The summed E-state index contributed by atoms with van der Waals surface area (Å²) in [4.78, 5) is 4.21. The molecule has 2 aromatic rings. The van der Waals surface area contributed by atoms with E-state index in [0.717, 1.165) is 18.5 Å². The van der Waals surface area contributed by atoms with Crippen LogP contribution in [0.3, 0.4) is 0 Å². The predicted octanol–water partition coefficient (Wildman–Crippen LogP) is 3.03. The van der Waals surface area contributed by atoms with Gasteiger partial charge in [0, 0.05) is 24.0 Å². The molecule has 0 fully saturated rings. The fourth-order valence-corrected chi connectivity index (χ4v) is 2.02. The molecule has 0 radical (unpaired) electrons. The standard InChI is InChI=1S/C13H15ClN2O/c1-2-7-16-8-6-15-13(16)12(17)10-4-3-5-11(14)9-10/h3-6,8-9,12,17H,2,7H2,1H3. The van der Waals surface area contributed by atoms with Gasteiger partial charge in [-0.05, 0) is 24.1 Å². The second-order valence-electron chi connectivity index (χ2n) is 3.94. The minimum atomic E-state index is -0.727. The van der Waals surface area contributed by atoms with Crippen molar-refractivity contribution in [3.05, 3.63) is 53.1 Å². The number of aliphatic hydroxyl groups excluding tert-OH is 1. The van der Waals surface area contributed by atoms with Crippen LogP contribution in [0.2, 0.25) is 5.02 Å². The fraction of sp³-hybridized carbons (Fsp3) is 0.308. The van der Waals surface area contributed by atoms with Crippen LogP contribution < -0.4 is 0 Å². The Morgan fingerprint density at radius 3 is 3.00 bits per heavy atom. The van der Waals surface area contributed by atoms with E-state index in [4.69, 9.17) is 11.6 Å². The minimum absolute atomic E-state index is 0.621. The Morgan fingerprint density at radius 1 is 1.47 bits per heavy atom. The predicted molar refractivity (Wildman–Crippen MR) is 68.0 cm³/mol. The fourth-order valence-electron chi connectivity index (χ4n) is 1.82. The van der Waals surface area contributed by atoms with Crippen LogP contribution in [-0.2, 0) is 6.54 Å². The van der Waals surface area contributed by atoms with Gasteiger partial charge in [-0.3, -0.25) is 0 Å². The van der Waals surface area contributed by atoms with Gasteiger partial charge in [0.15, 0.2) is 0 Å². The number of imidazole rings is 1. The Bertz CT molecular complexity index is 496. The van der Waals surface area contributed by atoms with Crippen molar-refractivity contribution in [2.75, 3.05) is 0 Å². The first-order chi connectivity index (χ1) is 8.22. The topological polar surface area (TPSA) is 38.0 Å². The summed E-state index contributed by atoms with van der Waals surface area (Å²) in [7, 11) is 0. The number of benzene rings is 1. The summed E-state index contributed by atoms with van der Waals surface area (Å²) in [6.45, 7) is 2.95. The molecule has 2 rings (SSSR count). The normalized spacial score (nSPS) is 12.6. The quantitative estimate of drug-likeness (QED) is 0.906. The Kier molecular flexibility index (Phi) is 3.82. The molecule has 0 amide bonds. The monoisotopic (exact) mass is 250 g/mol. The highest BCUT2D eigenvalue weighted by Crippen LogP contribution is 2.23. The molecule has 0 bridgehead atoms. The number of hydrogen-bond donors (Lipinski definition) is 1. The van der Waals surface area contributed by atoms with Crippen molar-refractivity contribution in [1.29, 1.82) is 0 Å². The van der Waals surface area contributed by atoms with Gasteiger partial charge < -0.3 is 9.67 Å². The summed E-state index contributed by atoms with van der Waals surface area (Å²) in [5, 5.41) is 10.9. The van der Waals surface area contributed by atoms with Crippen LogP contribution in [0.15, 0.2) is 36.7 Å². The maximum absolute atomic E-state index is 10.3. The summed E-state index contributed by atoms with van der Waals surface area (Å²) >= 11 is 5.91. The molecule has 1 N–H and O–H groups in total. The molecule has 90 valence electrons. The lowest BCUT2D eigenvalue weighted by Gasteiger charge is -2.13. The highest BCUT2D eigenvalue weighted by molar-refractivity contribution is 6.30. The molecule has 0 aliphatic heterocycles. The third kappa shape index (κ3) is 2.68. The van der Waals surface area contributed by atoms with Gasteiger partial charge in [0.1, 0.15) is 11.9 Å². The maximum Gasteiger partial charge on any atom is 0.142 e. The Hall–Kier alpha value is -1.32. The summed E-state index contributed by atoms with van der Waals surface area (Å²) in [5.74, 6) is 0.661. The molecule has 3 nitrogen and oxygen atoms in total.